The van der Waals surface area contributed by atoms with Crippen LogP contribution >= 0.6 is 0 Å². The molecule has 0 bridgehead atoms. The van der Waals surface area contributed by atoms with Crippen LogP contribution in [0.1, 0.15) is 5.56 Å². The highest BCUT2D eigenvalue weighted by Crippen LogP contribution is 2.16. The number of benzene rings is 1. The summed E-state index contributed by atoms with van der Waals surface area (Å²) in [5.74, 6) is 2.64. The predicted molar refractivity (Wildman–Crippen MR) is 74.4 cm³/mol. The Morgan fingerprint density at radius 3 is 2.80 bits per heavy atom. The van der Waals surface area contributed by atoms with Gasteiger partial charge in [0.1, 0.15) is 5.75 Å². The standard InChI is InChI=1S/C14H14N4O2/c1-19-11-6-4-10(5-7-11)9-15-14-16-13(17-18-14)12-3-2-8-20-12/h2-8H,9H2,1H3,(H2,15,16,17,18). The van der Waals surface area contributed by atoms with E-state index in [1.807, 2.05) is 36.4 Å². The summed E-state index contributed by atoms with van der Waals surface area (Å²) in [6.45, 7) is 0.638. The number of hydrogen-bond acceptors (Lipinski definition) is 5. The maximum absolute atomic E-state index is 5.25. The molecule has 1 aromatic carbocycles. The smallest absolute Gasteiger partial charge is 0.242 e. The molecule has 20 heavy (non-hydrogen) atoms. The summed E-state index contributed by atoms with van der Waals surface area (Å²) in [5, 5.41) is 10.1. The van der Waals surface area contributed by atoms with E-state index in [1.54, 1.807) is 13.4 Å². The largest absolute Gasteiger partial charge is 0.497 e. The summed E-state index contributed by atoms with van der Waals surface area (Å²) in [6.07, 6.45) is 1.60. The Morgan fingerprint density at radius 1 is 1.25 bits per heavy atom. The Morgan fingerprint density at radius 2 is 2.10 bits per heavy atom. The van der Waals surface area contributed by atoms with E-state index in [9.17, 15) is 0 Å². The highest BCUT2D eigenvalue weighted by atomic mass is 16.5. The molecule has 0 saturated heterocycles. The number of aromatic amines is 1. The van der Waals surface area contributed by atoms with Crippen molar-refractivity contribution in [3.8, 4) is 17.3 Å². The van der Waals surface area contributed by atoms with Gasteiger partial charge in [-0.3, -0.25) is 5.10 Å². The highest BCUT2D eigenvalue weighted by molar-refractivity contribution is 5.48. The molecule has 0 radical (unpaired) electrons. The first-order valence-corrected chi connectivity index (χ1v) is 6.18. The van der Waals surface area contributed by atoms with E-state index in [0.717, 1.165) is 11.3 Å². The Kier molecular flexibility index (Phi) is 3.36. The maximum Gasteiger partial charge on any atom is 0.242 e. The summed E-state index contributed by atoms with van der Waals surface area (Å²) in [6, 6.07) is 11.5. The van der Waals surface area contributed by atoms with E-state index in [4.69, 9.17) is 9.15 Å². The van der Waals surface area contributed by atoms with Crippen LogP contribution in [0.15, 0.2) is 47.1 Å². The molecule has 0 unspecified atom stereocenters. The lowest BCUT2D eigenvalue weighted by atomic mass is 10.2. The van der Waals surface area contributed by atoms with E-state index in [0.29, 0.717) is 24.1 Å². The van der Waals surface area contributed by atoms with Crippen LogP contribution in [0.4, 0.5) is 5.95 Å². The van der Waals surface area contributed by atoms with Crippen molar-refractivity contribution in [2.45, 2.75) is 6.54 Å². The molecule has 0 spiro atoms. The zero-order valence-corrected chi connectivity index (χ0v) is 11.0. The van der Waals surface area contributed by atoms with Gasteiger partial charge in [0.05, 0.1) is 13.4 Å². The molecule has 0 aliphatic heterocycles. The topological polar surface area (TPSA) is 76.0 Å². The van der Waals surface area contributed by atoms with Crippen LogP contribution in [0.25, 0.3) is 11.6 Å². The molecule has 0 aliphatic rings. The Bertz CT molecular complexity index is 659. The number of aromatic nitrogens is 3. The van der Waals surface area contributed by atoms with Crippen LogP contribution in [0.5, 0.6) is 5.75 Å². The van der Waals surface area contributed by atoms with E-state index in [1.165, 1.54) is 0 Å². The maximum atomic E-state index is 5.25. The first-order chi connectivity index (χ1) is 9.85. The molecular formula is C14H14N4O2. The second-order valence-corrected chi connectivity index (χ2v) is 4.19. The third-order valence-electron chi connectivity index (χ3n) is 2.85. The minimum atomic E-state index is 0.534. The molecular weight excluding hydrogens is 256 g/mol. The molecule has 0 amide bonds. The summed E-state index contributed by atoms with van der Waals surface area (Å²) in [4.78, 5) is 4.31. The molecule has 6 heteroatoms. The molecule has 0 atom stereocenters. The quantitative estimate of drug-likeness (QED) is 0.745. The van der Waals surface area contributed by atoms with Crippen LogP contribution in [-0.2, 0) is 6.54 Å². The number of hydrogen-bond donors (Lipinski definition) is 2. The van der Waals surface area contributed by atoms with Gasteiger partial charge in [-0.05, 0) is 29.8 Å². The number of rotatable bonds is 5. The summed E-state index contributed by atoms with van der Waals surface area (Å²) < 4.78 is 10.4. The molecule has 3 aromatic rings. The van der Waals surface area contributed by atoms with Crippen molar-refractivity contribution >= 4 is 5.95 Å². The lowest BCUT2D eigenvalue weighted by molar-refractivity contribution is 0.414. The average molecular weight is 270 g/mol. The summed E-state index contributed by atoms with van der Waals surface area (Å²) in [5.41, 5.74) is 1.12. The highest BCUT2D eigenvalue weighted by Gasteiger charge is 2.07. The normalized spacial score (nSPS) is 10.4. The van der Waals surface area contributed by atoms with Gasteiger partial charge in [-0.15, -0.1) is 5.10 Å². The van der Waals surface area contributed by atoms with Crippen molar-refractivity contribution in [3.63, 3.8) is 0 Å². The van der Waals surface area contributed by atoms with Gasteiger partial charge in [0.15, 0.2) is 11.6 Å². The first kappa shape index (κ1) is 12.3. The summed E-state index contributed by atoms with van der Waals surface area (Å²) >= 11 is 0. The molecule has 0 fully saturated rings. The molecule has 2 heterocycles. The van der Waals surface area contributed by atoms with Gasteiger partial charge in [-0.2, -0.15) is 4.98 Å². The Labute approximate surface area is 115 Å². The van der Waals surface area contributed by atoms with Crippen LogP contribution < -0.4 is 10.1 Å². The lowest BCUT2D eigenvalue weighted by Crippen LogP contribution is -2.00. The number of nitrogens with one attached hydrogen (secondary N) is 2. The molecule has 0 aliphatic carbocycles. The third-order valence-corrected chi connectivity index (χ3v) is 2.85. The molecule has 2 aromatic heterocycles. The molecule has 3 rings (SSSR count). The second-order valence-electron chi connectivity index (χ2n) is 4.19. The van der Waals surface area contributed by atoms with Crippen molar-refractivity contribution in [2.24, 2.45) is 0 Å². The van der Waals surface area contributed by atoms with Gasteiger partial charge in [0.2, 0.25) is 5.95 Å². The number of nitrogens with zero attached hydrogens (tertiary/aromatic N) is 2. The average Bonchev–Trinajstić information content (AvgIpc) is 3.16. The van der Waals surface area contributed by atoms with Crippen LogP contribution in [0.2, 0.25) is 0 Å². The zero-order valence-electron chi connectivity index (χ0n) is 11.0. The minimum absolute atomic E-state index is 0.534. The van der Waals surface area contributed by atoms with Crippen molar-refractivity contribution in [1.29, 1.82) is 0 Å². The third kappa shape index (κ3) is 2.64. The van der Waals surface area contributed by atoms with Gasteiger partial charge < -0.3 is 14.5 Å². The van der Waals surface area contributed by atoms with E-state index in [-0.39, 0.29) is 0 Å². The van der Waals surface area contributed by atoms with Crippen molar-refractivity contribution in [1.82, 2.24) is 15.2 Å². The van der Waals surface area contributed by atoms with Gasteiger partial charge in [-0.25, -0.2) is 0 Å². The first-order valence-electron chi connectivity index (χ1n) is 6.18. The molecule has 2 N–H and O–H groups in total. The fourth-order valence-electron chi connectivity index (χ4n) is 1.79. The van der Waals surface area contributed by atoms with Crippen LogP contribution in [0, 0.1) is 0 Å². The SMILES string of the molecule is COc1ccc(CNc2n[nH]c(-c3ccco3)n2)cc1. The van der Waals surface area contributed by atoms with Crippen molar-refractivity contribution in [2.75, 3.05) is 12.4 Å². The number of H-pyrrole nitrogens is 1. The fraction of sp³-hybridized carbons (Fsp3) is 0.143. The predicted octanol–water partition coefficient (Wildman–Crippen LogP) is 2.69. The fourth-order valence-corrected chi connectivity index (χ4v) is 1.79. The molecule has 6 nitrogen and oxygen atoms in total. The lowest BCUT2D eigenvalue weighted by Gasteiger charge is -2.03. The number of furan rings is 1. The zero-order chi connectivity index (χ0) is 13.8. The molecule has 0 saturated carbocycles. The Hall–Kier alpha value is -2.76. The van der Waals surface area contributed by atoms with E-state index >= 15 is 0 Å². The van der Waals surface area contributed by atoms with Crippen LogP contribution in [0.3, 0.4) is 0 Å². The van der Waals surface area contributed by atoms with E-state index in [2.05, 4.69) is 20.5 Å². The minimum Gasteiger partial charge on any atom is -0.497 e. The van der Waals surface area contributed by atoms with Gasteiger partial charge in [0, 0.05) is 6.54 Å². The Balaban J connectivity index is 1.63. The van der Waals surface area contributed by atoms with Gasteiger partial charge in [0.25, 0.3) is 0 Å². The number of anilines is 1. The number of ether oxygens (including phenoxy) is 1. The van der Waals surface area contributed by atoms with Crippen LogP contribution in [-0.4, -0.2) is 22.3 Å². The monoisotopic (exact) mass is 270 g/mol. The van der Waals surface area contributed by atoms with Crippen molar-refractivity contribution < 1.29 is 9.15 Å². The van der Waals surface area contributed by atoms with E-state index < -0.39 is 0 Å². The van der Waals surface area contributed by atoms with Gasteiger partial charge >= 0.3 is 0 Å². The molecule has 102 valence electrons. The second kappa shape index (κ2) is 5.48. The summed E-state index contributed by atoms with van der Waals surface area (Å²) in [7, 11) is 1.65. The van der Waals surface area contributed by atoms with Gasteiger partial charge in [-0.1, -0.05) is 12.1 Å². The van der Waals surface area contributed by atoms with Crippen molar-refractivity contribution in [3.05, 3.63) is 48.2 Å². The number of methoxy groups -OCH3 is 1.